The summed E-state index contributed by atoms with van der Waals surface area (Å²) >= 11 is 1.62. The van der Waals surface area contributed by atoms with Gasteiger partial charge in [0.1, 0.15) is 28.2 Å². The fraction of sp³-hybridized carbons (Fsp3) is 0.0952. The van der Waals surface area contributed by atoms with Crippen LogP contribution in [-0.2, 0) is 4.79 Å². The first-order chi connectivity index (χ1) is 14.0. The highest BCUT2D eigenvalue weighted by Crippen LogP contribution is 2.32. The van der Waals surface area contributed by atoms with Gasteiger partial charge in [-0.15, -0.1) is 15.0 Å². The smallest absolute Gasteiger partial charge is 0.341 e. The van der Waals surface area contributed by atoms with Gasteiger partial charge in [0.25, 0.3) is 0 Å². The minimum absolute atomic E-state index is 0.00636. The van der Waals surface area contributed by atoms with Crippen LogP contribution >= 0.6 is 11.8 Å². The summed E-state index contributed by atoms with van der Waals surface area (Å²) in [5, 5.41) is 28.2. The number of phenolic OH excluding ortho intramolecular Hbond substituents is 1. The van der Waals surface area contributed by atoms with Crippen LogP contribution in [0.5, 0.6) is 11.5 Å². The number of aliphatic carboxylic acids is 1. The molecule has 0 aliphatic rings. The van der Waals surface area contributed by atoms with Gasteiger partial charge in [-0.3, -0.25) is 0 Å². The lowest BCUT2D eigenvalue weighted by Crippen LogP contribution is -2.10. The van der Waals surface area contributed by atoms with Crippen LogP contribution in [0.2, 0.25) is 0 Å². The molecule has 0 radical (unpaired) electrons. The second-order valence-electron chi connectivity index (χ2n) is 6.35. The molecular formula is C21H17N3O4S. The van der Waals surface area contributed by atoms with Crippen LogP contribution in [0.1, 0.15) is 5.56 Å². The summed E-state index contributed by atoms with van der Waals surface area (Å²) in [7, 11) is 0. The average molecular weight is 407 g/mol. The Hall–Kier alpha value is -3.52. The SMILES string of the molecule is Cc1cc(OCC(=O)O)cc(-n2nc3ccc(Sc4ccccc4)cc3n2)c1O. The van der Waals surface area contributed by atoms with Crippen molar-refractivity contribution < 1.29 is 19.7 Å². The van der Waals surface area contributed by atoms with Gasteiger partial charge in [-0.25, -0.2) is 4.79 Å². The first kappa shape index (κ1) is 18.8. The third kappa shape index (κ3) is 4.17. The average Bonchev–Trinajstić information content (AvgIpc) is 3.12. The maximum absolute atomic E-state index is 10.8. The molecule has 8 heteroatoms. The van der Waals surface area contributed by atoms with Gasteiger partial charge in [0.15, 0.2) is 6.61 Å². The van der Waals surface area contributed by atoms with Crippen molar-refractivity contribution in [1.29, 1.82) is 0 Å². The standard InChI is InChI=1S/C21H17N3O4S/c1-13-9-14(28-12-20(25)26)10-19(21(13)27)24-22-17-8-7-16(11-18(17)23-24)29-15-5-3-2-4-6-15/h2-11,27H,12H2,1H3,(H,25,26). The molecule has 0 saturated carbocycles. The van der Waals surface area contributed by atoms with Gasteiger partial charge in [0, 0.05) is 15.9 Å². The highest BCUT2D eigenvalue weighted by atomic mass is 32.2. The molecule has 0 amide bonds. The van der Waals surface area contributed by atoms with Crippen LogP contribution in [0.15, 0.2) is 70.5 Å². The van der Waals surface area contributed by atoms with Crippen LogP contribution in [-0.4, -0.2) is 37.8 Å². The van der Waals surface area contributed by atoms with Crippen LogP contribution in [0, 0.1) is 6.92 Å². The Labute approximate surface area is 170 Å². The molecule has 0 spiro atoms. The predicted molar refractivity (Wildman–Crippen MR) is 109 cm³/mol. The van der Waals surface area contributed by atoms with Crippen molar-refractivity contribution in [3.05, 3.63) is 66.2 Å². The number of carboxylic acids is 1. The zero-order valence-corrected chi connectivity index (χ0v) is 16.3. The lowest BCUT2D eigenvalue weighted by Gasteiger charge is -2.10. The summed E-state index contributed by atoms with van der Waals surface area (Å²) in [6.45, 7) is 1.22. The molecule has 0 aliphatic carbocycles. The Bertz CT molecular complexity index is 1190. The zero-order chi connectivity index (χ0) is 20.4. The van der Waals surface area contributed by atoms with Crippen molar-refractivity contribution in [3.63, 3.8) is 0 Å². The molecule has 0 saturated heterocycles. The summed E-state index contributed by atoms with van der Waals surface area (Å²) < 4.78 is 5.24. The maximum atomic E-state index is 10.8. The van der Waals surface area contributed by atoms with Crippen molar-refractivity contribution >= 4 is 28.8 Å². The molecule has 0 aliphatic heterocycles. The van der Waals surface area contributed by atoms with Crippen molar-refractivity contribution in [2.24, 2.45) is 0 Å². The Morgan fingerprint density at radius 2 is 1.79 bits per heavy atom. The van der Waals surface area contributed by atoms with E-state index in [1.54, 1.807) is 24.8 Å². The van der Waals surface area contributed by atoms with Gasteiger partial charge < -0.3 is 14.9 Å². The van der Waals surface area contributed by atoms with Gasteiger partial charge in [-0.2, -0.15) is 0 Å². The number of benzene rings is 3. The molecule has 0 atom stereocenters. The number of carbonyl (C=O) groups is 1. The monoisotopic (exact) mass is 407 g/mol. The number of fused-ring (bicyclic) bond motifs is 1. The Morgan fingerprint density at radius 3 is 2.55 bits per heavy atom. The van der Waals surface area contributed by atoms with E-state index in [0.29, 0.717) is 28.0 Å². The molecule has 2 N–H and O–H groups in total. The Balaban J connectivity index is 1.68. The van der Waals surface area contributed by atoms with Crippen molar-refractivity contribution in [1.82, 2.24) is 15.0 Å². The fourth-order valence-corrected chi connectivity index (χ4v) is 3.67. The van der Waals surface area contributed by atoms with E-state index in [0.717, 1.165) is 9.79 Å². The van der Waals surface area contributed by atoms with Crippen LogP contribution in [0.3, 0.4) is 0 Å². The number of ether oxygens (including phenoxy) is 1. The number of rotatable bonds is 6. The summed E-state index contributed by atoms with van der Waals surface area (Å²) in [4.78, 5) is 14.2. The third-order valence-electron chi connectivity index (χ3n) is 4.16. The van der Waals surface area contributed by atoms with E-state index in [2.05, 4.69) is 10.2 Å². The Kier molecular flexibility index (Phi) is 5.09. The van der Waals surface area contributed by atoms with Crippen LogP contribution < -0.4 is 4.74 Å². The van der Waals surface area contributed by atoms with Gasteiger partial charge in [0.2, 0.25) is 0 Å². The summed E-state index contributed by atoms with van der Waals surface area (Å²) in [5.41, 5.74) is 2.21. The largest absolute Gasteiger partial charge is 0.505 e. The summed E-state index contributed by atoms with van der Waals surface area (Å²) in [6.07, 6.45) is 0. The molecule has 4 aromatic rings. The van der Waals surface area contributed by atoms with Gasteiger partial charge in [-0.1, -0.05) is 30.0 Å². The van der Waals surface area contributed by atoms with Gasteiger partial charge in [-0.05, 0) is 48.9 Å². The van der Waals surface area contributed by atoms with E-state index in [1.807, 2.05) is 48.5 Å². The molecular weight excluding hydrogens is 390 g/mol. The molecule has 4 rings (SSSR count). The minimum Gasteiger partial charge on any atom is -0.505 e. The number of aryl methyl sites for hydroxylation is 1. The first-order valence-corrected chi connectivity index (χ1v) is 9.60. The number of carboxylic acid groups (broad SMARTS) is 1. The molecule has 1 aromatic heterocycles. The lowest BCUT2D eigenvalue weighted by molar-refractivity contribution is -0.139. The lowest BCUT2D eigenvalue weighted by atomic mass is 10.2. The number of hydrogen-bond acceptors (Lipinski definition) is 6. The van der Waals surface area contributed by atoms with Crippen LogP contribution in [0.4, 0.5) is 0 Å². The van der Waals surface area contributed by atoms with E-state index < -0.39 is 12.6 Å². The molecule has 1 heterocycles. The normalized spacial score (nSPS) is 10.9. The molecule has 29 heavy (non-hydrogen) atoms. The third-order valence-corrected chi connectivity index (χ3v) is 5.16. The number of nitrogens with zero attached hydrogens (tertiary/aromatic N) is 3. The maximum Gasteiger partial charge on any atom is 0.341 e. The summed E-state index contributed by atoms with van der Waals surface area (Å²) in [5.74, 6) is -0.755. The van der Waals surface area contributed by atoms with E-state index in [-0.39, 0.29) is 5.75 Å². The first-order valence-electron chi connectivity index (χ1n) is 8.78. The number of aromatic nitrogens is 3. The molecule has 0 fully saturated rings. The Morgan fingerprint density at radius 1 is 1.03 bits per heavy atom. The van der Waals surface area contributed by atoms with E-state index in [1.165, 1.54) is 10.9 Å². The van der Waals surface area contributed by atoms with Gasteiger partial charge >= 0.3 is 5.97 Å². The van der Waals surface area contributed by atoms with E-state index in [4.69, 9.17) is 9.84 Å². The number of phenols is 1. The quantitative estimate of drug-likeness (QED) is 0.498. The number of hydrogen-bond donors (Lipinski definition) is 2. The minimum atomic E-state index is -1.08. The molecule has 146 valence electrons. The van der Waals surface area contributed by atoms with Crippen molar-refractivity contribution in [3.8, 4) is 17.2 Å². The highest BCUT2D eigenvalue weighted by Gasteiger charge is 2.14. The van der Waals surface area contributed by atoms with Crippen LogP contribution in [0.25, 0.3) is 16.7 Å². The molecule has 7 nitrogen and oxygen atoms in total. The van der Waals surface area contributed by atoms with Crippen molar-refractivity contribution in [2.75, 3.05) is 6.61 Å². The molecule has 0 unspecified atom stereocenters. The van der Waals surface area contributed by atoms with Gasteiger partial charge in [0.05, 0.1) is 0 Å². The van der Waals surface area contributed by atoms with Crippen molar-refractivity contribution in [2.45, 2.75) is 16.7 Å². The molecule has 3 aromatic carbocycles. The van der Waals surface area contributed by atoms with E-state index in [9.17, 15) is 9.90 Å². The fourth-order valence-electron chi connectivity index (χ4n) is 2.80. The zero-order valence-electron chi connectivity index (χ0n) is 15.4. The summed E-state index contributed by atoms with van der Waals surface area (Å²) in [6, 6.07) is 18.9. The van der Waals surface area contributed by atoms with E-state index >= 15 is 0 Å². The highest BCUT2D eigenvalue weighted by molar-refractivity contribution is 7.99. The topological polar surface area (TPSA) is 97.5 Å². The predicted octanol–water partition coefficient (Wildman–Crippen LogP) is 4.05. The molecule has 0 bridgehead atoms. The number of aromatic hydroxyl groups is 1. The second-order valence-corrected chi connectivity index (χ2v) is 7.49. The second kappa shape index (κ2) is 7.84.